The van der Waals surface area contributed by atoms with Gasteiger partial charge in [-0.25, -0.2) is 0 Å². The van der Waals surface area contributed by atoms with Crippen molar-refractivity contribution in [2.75, 3.05) is 13.2 Å². The number of hydrogen-bond acceptors (Lipinski definition) is 5. The molecule has 0 heterocycles. The molecule has 0 aliphatic heterocycles. The lowest BCUT2D eigenvalue weighted by atomic mass is 9.97. The van der Waals surface area contributed by atoms with Crippen LogP contribution in [-0.4, -0.2) is 36.1 Å². The Morgan fingerprint density at radius 3 is 1.77 bits per heavy atom. The Labute approximate surface area is 179 Å². The highest BCUT2D eigenvalue weighted by Crippen LogP contribution is 2.20. The lowest BCUT2D eigenvalue weighted by Gasteiger charge is -2.21. The van der Waals surface area contributed by atoms with Crippen molar-refractivity contribution in [2.45, 2.75) is 6.42 Å². The number of allylic oxidation sites excluding steroid dienone is 1. The molecule has 1 unspecified atom stereocenters. The standard InChI is InChI=1S/C23H22N2O6/c26-21(14-30-17-7-3-1-4-8-17)24-19-12-11-16(23(28)29)13-20(19)25-22(27)15-31-18-9-5-2-6-10-18/h1-10,12-13,16H,11,14-15H2,(H,24,26)(H,25,27)(H,28,29). The zero-order valence-corrected chi connectivity index (χ0v) is 16.6. The smallest absolute Gasteiger partial charge is 0.310 e. The van der Waals surface area contributed by atoms with Gasteiger partial charge >= 0.3 is 5.97 Å². The highest BCUT2D eigenvalue weighted by Gasteiger charge is 2.23. The fraction of sp³-hybridized carbons (Fsp3) is 0.174. The van der Waals surface area contributed by atoms with Gasteiger partial charge in [0.1, 0.15) is 11.5 Å². The van der Waals surface area contributed by atoms with Gasteiger partial charge in [-0.15, -0.1) is 0 Å². The van der Waals surface area contributed by atoms with E-state index in [1.807, 2.05) is 12.1 Å². The van der Waals surface area contributed by atoms with Gasteiger partial charge in [-0.3, -0.25) is 14.4 Å². The third kappa shape index (κ3) is 6.74. The average molecular weight is 422 g/mol. The predicted octanol–water partition coefficient (Wildman–Crippen LogP) is 2.25. The molecule has 0 saturated heterocycles. The summed E-state index contributed by atoms with van der Waals surface area (Å²) in [6.07, 6.45) is 3.15. The number of benzene rings is 2. The Bertz CT molecular complexity index is 986. The summed E-state index contributed by atoms with van der Waals surface area (Å²) in [6, 6.07) is 17.7. The first-order valence-corrected chi connectivity index (χ1v) is 9.62. The molecule has 3 rings (SSSR count). The normalized spacial score (nSPS) is 15.2. The number of carbonyl (C=O) groups is 3. The fourth-order valence-corrected chi connectivity index (χ4v) is 2.82. The van der Waals surface area contributed by atoms with Gasteiger partial charge in [-0.05, 0) is 36.8 Å². The van der Waals surface area contributed by atoms with Gasteiger partial charge < -0.3 is 25.2 Å². The maximum atomic E-state index is 12.3. The first-order valence-electron chi connectivity index (χ1n) is 9.62. The Morgan fingerprint density at radius 1 is 0.806 bits per heavy atom. The molecule has 2 amide bonds. The van der Waals surface area contributed by atoms with E-state index >= 15 is 0 Å². The third-order valence-corrected chi connectivity index (χ3v) is 4.33. The SMILES string of the molecule is O=C(COc1ccccc1)NC1=CCC(C(=O)O)C=C1NC(=O)COc1ccccc1. The maximum Gasteiger partial charge on any atom is 0.310 e. The van der Waals surface area contributed by atoms with E-state index in [4.69, 9.17) is 9.47 Å². The number of nitrogens with one attached hydrogen (secondary N) is 2. The first-order chi connectivity index (χ1) is 15.0. The minimum absolute atomic E-state index is 0.185. The van der Waals surface area contributed by atoms with Gasteiger partial charge in [-0.2, -0.15) is 0 Å². The molecule has 1 aliphatic rings. The van der Waals surface area contributed by atoms with Gasteiger partial charge in [0.25, 0.3) is 11.8 Å². The number of carboxylic acid groups (broad SMARTS) is 1. The molecule has 2 aromatic rings. The minimum Gasteiger partial charge on any atom is -0.484 e. The molecule has 0 radical (unpaired) electrons. The number of rotatable bonds is 9. The number of carboxylic acids is 1. The van der Waals surface area contributed by atoms with E-state index in [1.54, 1.807) is 54.6 Å². The van der Waals surface area contributed by atoms with Crippen molar-refractivity contribution >= 4 is 17.8 Å². The van der Waals surface area contributed by atoms with Gasteiger partial charge in [0.2, 0.25) is 0 Å². The second kappa shape index (κ2) is 10.6. The van der Waals surface area contributed by atoms with Crippen LogP contribution in [0.1, 0.15) is 6.42 Å². The summed E-state index contributed by atoms with van der Waals surface area (Å²) in [5.74, 6) is -1.69. The van der Waals surface area contributed by atoms with Crippen LogP contribution >= 0.6 is 0 Å². The summed E-state index contributed by atoms with van der Waals surface area (Å²) >= 11 is 0. The van der Waals surface area contributed by atoms with Crippen LogP contribution in [0.2, 0.25) is 0 Å². The van der Waals surface area contributed by atoms with E-state index in [-0.39, 0.29) is 25.3 Å². The zero-order valence-electron chi connectivity index (χ0n) is 16.6. The monoisotopic (exact) mass is 422 g/mol. The van der Waals surface area contributed by atoms with E-state index < -0.39 is 23.7 Å². The largest absolute Gasteiger partial charge is 0.484 e. The summed E-state index contributed by atoms with van der Waals surface area (Å²) in [5.41, 5.74) is 0.514. The second-order valence-electron chi connectivity index (χ2n) is 6.68. The van der Waals surface area contributed by atoms with Crippen LogP contribution in [0, 0.1) is 5.92 Å². The van der Waals surface area contributed by atoms with Crippen LogP contribution in [0.3, 0.4) is 0 Å². The predicted molar refractivity (Wildman–Crippen MR) is 112 cm³/mol. The highest BCUT2D eigenvalue weighted by molar-refractivity contribution is 5.84. The number of amides is 2. The summed E-state index contributed by atoms with van der Waals surface area (Å²) in [4.78, 5) is 36.0. The van der Waals surface area contributed by atoms with Crippen molar-refractivity contribution in [3.05, 3.63) is 84.2 Å². The zero-order chi connectivity index (χ0) is 22.1. The lowest BCUT2D eigenvalue weighted by molar-refractivity contribution is -0.140. The van der Waals surface area contributed by atoms with Crippen molar-refractivity contribution in [2.24, 2.45) is 5.92 Å². The average Bonchev–Trinajstić information content (AvgIpc) is 2.79. The molecule has 0 fully saturated rings. The summed E-state index contributed by atoms with van der Waals surface area (Å²) in [6.45, 7) is -0.501. The Balaban J connectivity index is 1.59. The van der Waals surface area contributed by atoms with Crippen molar-refractivity contribution in [3.8, 4) is 11.5 Å². The Morgan fingerprint density at radius 2 is 1.29 bits per heavy atom. The second-order valence-corrected chi connectivity index (χ2v) is 6.68. The third-order valence-electron chi connectivity index (χ3n) is 4.33. The molecular formula is C23H22N2O6. The molecule has 0 saturated carbocycles. The molecule has 1 atom stereocenters. The number of carbonyl (C=O) groups excluding carboxylic acids is 2. The van der Waals surface area contributed by atoms with Gasteiger partial charge in [0.15, 0.2) is 13.2 Å². The van der Waals surface area contributed by atoms with Gasteiger partial charge in [0, 0.05) is 0 Å². The van der Waals surface area contributed by atoms with E-state index in [0.29, 0.717) is 17.2 Å². The van der Waals surface area contributed by atoms with Gasteiger partial charge in [-0.1, -0.05) is 42.5 Å². The maximum absolute atomic E-state index is 12.3. The topological polar surface area (TPSA) is 114 Å². The number of aliphatic carboxylic acids is 1. The highest BCUT2D eigenvalue weighted by atomic mass is 16.5. The molecule has 1 aliphatic carbocycles. The quantitative estimate of drug-likeness (QED) is 0.571. The van der Waals surface area contributed by atoms with Crippen LogP contribution in [0.4, 0.5) is 0 Å². The van der Waals surface area contributed by atoms with Crippen molar-refractivity contribution in [1.82, 2.24) is 10.6 Å². The molecule has 31 heavy (non-hydrogen) atoms. The minimum atomic E-state index is -1.03. The fourth-order valence-electron chi connectivity index (χ4n) is 2.82. The molecule has 3 N–H and O–H groups in total. The summed E-state index contributed by atoms with van der Waals surface area (Å²) < 4.78 is 10.8. The number of ether oxygens (including phenoxy) is 2. The van der Waals surface area contributed by atoms with Crippen LogP contribution in [-0.2, 0) is 14.4 Å². The Kier molecular flexibility index (Phi) is 7.42. The molecule has 2 aromatic carbocycles. The Hall–Kier alpha value is -4.07. The molecule has 8 nitrogen and oxygen atoms in total. The van der Waals surface area contributed by atoms with E-state index in [9.17, 15) is 19.5 Å². The summed E-state index contributed by atoms with van der Waals surface area (Å²) in [5, 5.41) is 14.6. The number of para-hydroxylation sites is 2. The van der Waals surface area contributed by atoms with Crippen molar-refractivity contribution < 1.29 is 29.0 Å². The van der Waals surface area contributed by atoms with Crippen LogP contribution in [0.5, 0.6) is 11.5 Å². The lowest BCUT2D eigenvalue weighted by Crippen LogP contribution is -2.37. The molecule has 160 valence electrons. The van der Waals surface area contributed by atoms with Crippen molar-refractivity contribution in [1.29, 1.82) is 0 Å². The first kappa shape index (κ1) is 21.6. The summed E-state index contributed by atoms with van der Waals surface area (Å²) in [7, 11) is 0. The van der Waals surface area contributed by atoms with E-state index in [2.05, 4.69) is 10.6 Å². The van der Waals surface area contributed by atoms with Gasteiger partial charge in [0.05, 0.1) is 17.3 Å². The molecule has 0 bridgehead atoms. The number of hydrogen-bond donors (Lipinski definition) is 3. The van der Waals surface area contributed by atoms with Crippen LogP contribution in [0.15, 0.2) is 84.2 Å². The van der Waals surface area contributed by atoms with E-state index in [0.717, 1.165) is 0 Å². The molecule has 8 heteroatoms. The van der Waals surface area contributed by atoms with Crippen molar-refractivity contribution in [3.63, 3.8) is 0 Å². The van der Waals surface area contributed by atoms with Crippen LogP contribution in [0.25, 0.3) is 0 Å². The van der Waals surface area contributed by atoms with E-state index in [1.165, 1.54) is 6.08 Å². The van der Waals surface area contributed by atoms with Crippen LogP contribution < -0.4 is 20.1 Å². The molecule has 0 spiro atoms. The molecule has 0 aromatic heterocycles. The molecular weight excluding hydrogens is 400 g/mol.